The molecule has 0 aliphatic carbocycles. The third-order valence-electron chi connectivity index (χ3n) is 3.17. The lowest BCUT2D eigenvalue weighted by Crippen LogP contribution is -2.31. The molecule has 8 heteroatoms. The highest BCUT2D eigenvalue weighted by molar-refractivity contribution is 7.89. The normalized spacial score (nSPS) is 13.6. The Labute approximate surface area is 128 Å². The minimum Gasteiger partial charge on any atom is -0.396 e. The fourth-order valence-corrected chi connectivity index (χ4v) is 3.35. The van der Waals surface area contributed by atoms with E-state index in [1.165, 1.54) is 0 Å². The van der Waals surface area contributed by atoms with Crippen LogP contribution in [0.5, 0.6) is 0 Å². The molecule has 0 aliphatic heterocycles. The predicted octanol–water partition coefficient (Wildman–Crippen LogP) is 2.43. The molecule has 0 bridgehead atoms. The highest BCUT2D eigenvalue weighted by Crippen LogP contribution is 2.20. The maximum absolute atomic E-state index is 13.5. The summed E-state index contributed by atoms with van der Waals surface area (Å²) in [5.41, 5.74) is 0. The van der Waals surface area contributed by atoms with Crippen molar-refractivity contribution in [1.29, 1.82) is 0 Å². The molecule has 0 saturated carbocycles. The highest BCUT2D eigenvalue weighted by atomic mass is 32.2. The van der Waals surface area contributed by atoms with Crippen LogP contribution in [0.3, 0.4) is 0 Å². The molecule has 1 aromatic carbocycles. The van der Waals surface area contributed by atoms with Gasteiger partial charge in [-0.1, -0.05) is 13.8 Å². The van der Waals surface area contributed by atoms with Gasteiger partial charge >= 0.3 is 0 Å². The molecule has 1 aromatic rings. The Kier molecular flexibility index (Phi) is 6.83. The quantitative estimate of drug-likeness (QED) is 0.715. The zero-order valence-electron chi connectivity index (χ0n) is 12.4. The molecule has 0 heterocycles. The molecular weight excluding hydrogens is 319 g/mol. The van der Waals surface area contributed by atoms with E-state index in [4.69, 9.17) is 5.11 Å². The van der Waals surface area contributed by atoms with E-state index in [2.05, 4.69) is 4.72 Å². The SMILES string of the molecule is CC(C)CC(CCO)CNS(=O)(=O)c1cc(F)c(F)cc1F. The summed E-state index contributed by atoms with van der Waals surface area (Å²) < 4.78 is 65.7. The van der Waals surface area contributed by atoms with Gasteiger partial charge in [0.25, 0.3) is 0 Å². The van der Waals surface area contributed by atoms with Crippen LogP contribution in [0.1, 0.15) is 26.7 Å². The molecule has 2 N–H and O–H groups in total. The van der Waals surface area contributed by atoms with Crippen molar-refractivity contribution in [2.24, 2.45) is 11.8 Å². The van der Waals surface area contributed by atoms with Gasteiger partial charge in [-0.3, -0.25) is 0 Å². The number of halogens is 3. The van der Waals surface area contributed by atoms with Crippen molar-refractivity contribution in [2.45, 2.75) is 31.6 Å². The second-order valence-electron chi connectivity index (χ2n) is 5.56. The van der Waals surface area contributed by atoms with Gasteiger partial charge in [-0.2, -0.15) is 0 Å². The topological polar surface area (TPSA) is 66.4 Å². The van der Waals surface area contributed by atoms with E-state index in [0.29, 0.717) is 24.8 Å². The number of rotatable bonds is 8. The number of aliphatic hydroxyl groups excluding tert-OH is 1. The molecule has 22 heavy (non-hydrogen) atoms. The second kappa shape index (κ2) is 7.94. The molecule has 0 amide bonds. The molecule has 0 fully saturated rings. The molecule has 0 spiro atoms. The van der Waals surface area contributed by atoms with Crippen LogP contribution in [0, 0.1) is 29.3 Å². The summed E-state index contributed by atoms with van der Waals surface area (Å²) in [4.78, 5) is -0.932. The van der Waals surface area contributed by atoms with Crippen LogP contribution in [0.2, 0.25) is 0 Å². The summed E-state index contributed by atoms with van der Waals surface area (Å²) in [6, 6.07) is 0.514. The van der Waals surface area contributed by atoms with Gasteiger partial charge < -0.3 is 5.11 Å². The van der Waals surface area contributed by atoms with Gasteiger partial charge in [-0.05, 0) is 30.7 Å². The summed E-state index contributed by atoms with van der Waals surface area (Å²) >= 11 is 0. The average Bonchev–Trinajstić information content (AvgIpc) is 2.40. The van der Waals surface area contributed by atoms with Crippen molar-refractivity contribution in [3.63, 3.8) is 0 Å². The van der Waals surface area contributed by atoms with Gasteiger partial charge in [0.1, 0.15) is 10.7 Å². The minimum absolute atomic E-state index is 0.0144. The monoisotopic (exact) mass is 339 g/mol. The van der Waals surface area contributed by atoms with Crippen LogP contribution in [0.4, 0.5) is 13.2 Å². The Hall–Kier alpha value is -1.12. The van der Waals surface area contributed by atoms with Crippen LogP contribution in [-0.2, 0) is 10.0 Å². The summed E-state index contributed by atoms with van der Waals surface area (Å²) in [6.07, 6.45) is 1.06. The van der Waals surface area contributed by atoms with E-state index in [1.54, 1.807) is 0 Å². The number of nitrogens with one attached hydrogen (secondary N) is 1. The third kappa shape index (κ3) is 5.26. The molecule has 0 radical (unpaired) electrons. The lowest BCUT2D eigenvalue weighted by Gasteiger charge is -2.18. The van der Waals surface area contributed by atoms with Crippen molar-refractivity contribution in [1.82, 2.24) is 4.72 Å². The zero-order chi connectivity index (χ0) is 16.9. The Morgan fingerprint density at radius 2 is 1.73 bits per heavy atom. The fourth-order valence-electron chi connectivity index (χ4n) is 2.17. The van der Waals surface area contributed by atoms with Crippen molar-refractivity contribution < 1.29 is 26.7 Å². The van der Waals surface area contributed by atoms with Crippen LogP contribution >= 0.6 is 0 Å². The number of hydrogen-bond donors (Lipinski definition) is 2. The second-order valence-corrected chi connectivity index (χ2v) is 7.29. The predicted molar refractivity (Wildman–Crippen MR) is 76.2 cm³/mol. The smallest absolute Gasteiger partial charge is 0.243 e. The fraction of sp³-hybridized carbons (Fsp3) is 0.571. The minimum atomic E-state index is -4.29. The molecular formula is C14H20F3NO3S. The first-order valence-electron chi connectivity index (χ1n) is 6.92. The molecule has 4 nitrogen and oxygen atoms in total. The van der Waals surface area contributed by atoms with E-state index in [9.17, 15) is 21.6 Å². The van der Waals surface area contributed by atoms with E-state index in [0.717, 1.165) is 0 Å². The van der Waals surface area contributed by atoms with Gasteiger partial charge in [0, 0.05) is 19.2 Å². The van der Waals surface area contributed by atoms with E-state index in [1.807, 2.05) is 13.8 Å². The third-order valence-corrected chi connectivity index (χ3v) is 4.61. The molecule has 0 saturated heterocycles. The van der Waals surface area contributed by atoms with Crippen LogP contribution < -0.4 is 4.72 Å². The van der Waals surface area contributed by atoms with Crippen molar-refractivity contribution in [3.05, 3.63) is 29.6 Å². The maximum Gasteiger partial charge on any atom is 0.243 e. The average molecular weight is 339 g/mol. The van der Waals surface area contributed by atoms with Crippen LogP contribution in [0.25, 0.3) is 0 Å². The van der Waals surface area contributed by atoms with Gasteiger partial charge in [-0.15, -0.1) is 0 Å². The molecule has 1 rings (SSSR count). The molecule has 0 aliphatic rings. The van der Waals surface area contributed by atoms with Crippen LogP contribution in [0.15, 0.2) is 17.0 Å². The van der Waals surface area contributed by atoms with Gasteiger partial charge in [0.15, 0.2) is 11.6 Å². The number of hydrogen-bond acceptors (Lipinski definition) is 3. The standard InChI is InChI=1S/C14H20F3NO3S/c1-9(2)5-10(3-4-19)8-18-22(20,21)14-7-12(16)11(15)6-13(14)17/h6-7,9-10,18-19H,3-5,8H2,1-2H3. The van der Waals surface area contributed by atoms with Gasteiger partial charge in [0.05, 0.1) is 0 Å². The summed E-state index contributed by atoms with van der Waals surface area (Å²) in [5, 5.41) is 8.98. The van der Waals surface area contributed by atoms with E-state index in [-0.39, 0.29) is 25.1 Å². The Bertz CT molecular complexity index is 606. The first-order chi connectivity index (χ1) is 10.2. The van der Waals surface area contributed by atoms with Crippen molar-refractivity contribution >= 4 is 10.0 Å². The van der Waals surface area contributed by atoms with Gasteiger partial charge in [-0.25, -0.2) is 26.3 Å². The van der Waals surface area contributed by atoms with E-state index >= 15 is 0 Å². The van der Waals surface area contributed by atoms with Crippen molar-refractivity contribution in [3.8, 4) is 0 Å². The summed E-state index contributed by atoms with van der Waals surface area (Å²) in [5.74, 6) is -4.08. The maximum atomic E-state index is 13.5. The number of benzene rings is 1. The van der Waals surface area contributed by atoms with Crippen LogP contribution in [-0.4, -0.2) is 26.7 Å². The Morgan fingerprint density at radius 3 is 2.27 bits per heavy atom. The lowest BCUT2D eigenvalue weighted by molar-refractivity contribution is 0.243. The molecule has 1 unspecified atom stereocenters. The Morgan fingerprint density at radius 1 is 1.14 bits per heavy atom. The molecule has 1 atom stereocenters. The van der Waals surface area contributed by atoms with E-state index < -0.39 is 32.4 Å². The summed E-state index contributed by atoms with van der Waals surface area (Å²) in [7, 11) is -4.29. The Balaban J connectivity index is 2.89. The molecule has 0 aromatic heterocycles. The largest absolute Gasteiger partial charge is 0.396 e. The lowest BCUT2D eigenvalue weighted by atomic mass is 9.95. The first-order valence-corrected chi connectivity index (χ1v) is 8.40. The van der Waals surface area contributed by atoms with Crippen molar-refractivity contribution in [2.75, 3.05) is 13.2 Å². The van der Waals surface area contributed by atoms with Gasteiger partial charge in [0.2, 0.25) is 10.0 Å². The molecule has 126 valence electrons. The summed E-state index contributed by atoms with van der Waals surface area (Å²) in [6.45, 7) is 3.79. The number of sulfonamides is 1. The number of aliphatic hydroxyl groups is 1. The highest BCUT2D eigenvalue weighted by Gasteiger charge is 2.23. The zero-order valence-corrected chi connectivity index (χ0v) is 13.3. The first kappa shape index (κ1) is 18.9.